The van der Waals surface area contributed by atoms with E-state index in [4.69, 9.17) is 4.74 Å². The summed E-state index contributed by atoms with van der Waals surface area (Å²) >= 11 is 0. The van der Waals surface area contributed by atoms with Crippen LogP contribution in [0.3, 0.4) is 0 Å². The molecule has 24 heavy (non-hydrogen) atoms. The Morgan fingerprint density at radius 1 is 1.12 bits per heavy atom. The number of carbonyl (C=O) groups is 2. The van der Waals surface area contributed by atoms with Gasteiger partial charge in [-0.15, -0.1) is 0 Å². The van der Waals surface area contributed by atoms with Crippen LogP contribution in [0.4, 0.5) is 0 Å². The van der Waals surface area contributed by atoms with Gasteiger partial charge in [0.15, 0.2) is 5.60 Å². The lowest BCUT2D eigenvalue weighted by Gasteiger charge is -2.34. The second-order valence-corrected chi connectivity index (χ2v) is 6.72. The molecule has 1 heterocycles. The van der Waals surface area contributed by atoms with Crippen molar-refractivity contribution in [2.24, 2.45) is 0 Å². The lowest BCUT2D eigenvalue weighted by Crippen LogP contribution is -2.52. The van der Waals surface area contributed by atoms with Crippen molar-refractivity contribution in [3.63, 3.8) is 0 Å². The van der Waals surface area contributed by atoms with E-state index in [-0.39, 0.29) is 11.9 Å². The molecule has 2 atom stereocenters. The van der Waals surface area contributed by atoms with Gasteiger partial charge in [0.05, 0.1) is 11.6 Å². The fourth-order valence-corrected chi connectivity index (χ4v) is 3.68. The van der Waals surface area contributed by atoms with E-state index in [9.17, 15) is 9.59 Å². The summed E-state index contributed by atoms with van der Waals surface area (Å²) in [7, 11) is 0. The highest BCUT2D eigenvalue weighted by atomic mass is 16.6. The normalized spacial score (nSPS) is 24.7. The van der Waals surface area contributed by atoms with Crippen LogP contribution in [-0.2, 0) is 22.4 Å². The zero-order chi connectivity index (χ0) is 16.7. The van der Waals surface area contributed by atoms with Crippen LogP contribution in [0, 0.1) is 0 Å². The summed E-state index contributed by atoms with van der Waals surface area (Å²) in [6.45, 7) is 1.69. The zero-order valence-electron chi connectivity index (χ0n) is 13.5. The molecular weight excluding hydrogens is 302 g/mol. The minimum atomic E-state index is -1.16. The first kappa shape index (κ1) is 14.9. The van der Waals surface area contributed by atoms with Gasteiger partial charge in [-0.1, -0.05) is 42.5 Å². The number of nitrogens with one attached hydrogen (secondary N) is 1. The topological polar surface area (TPSA) is 55.4 Å². The largest absolute Gasteiger partial charge is 0.445 e. The molecule has 122 valence electrons. The van der Waals surface area contributed by atoms with E-state index in [0.29, 0.717) is 12.0 Å². The number of carbonyl (C=O) groups excluding carboxylic acids is 2. The highest BCUT2D eigenvalue weighted by Gasteiger charge is 2.43. The van der Waals surface area contributed by atoms with Gasteiger partial charge in [-0.25, -0.2) is 4.79 Å². The van der Waals surface area contributed by atoms with Crippen molar-refractivity contribution in [2.75, 3.05) is 0 Å². The zero-order valence-corrected chi connectivity index (χ0v) is 13.5. The molecule has 0 spiro atoms. The number of esters is 1. The number of fused-ring (bicyclic) bond motifs is 2. The van der Waals surface area contributed by atoms with Gasteiger partial charge < -0.3 is 10.1 Å². The Morgan fingerprint density at radius 2 is 1.83 bits per heavy atom. The van der Waals surface area contributed by atoms with Gasteiger partial charge in [-0.2, -0.15) is 0 Å². The summed E-state index contributed by atoms with van der Waals surface area (Å²) in [5.41, 5.74) is 2.69. The molecule has 4 nitrogen and oxygen atoms in total. The molecule has 0 saturated carbocycles. The predicted octanol–water partition coefficient (Wildman–Crippen LogP) is 2.96. The average Bonchev–Trinajstić information content (AvgIpc) is 2.98. The number of cyclic esters (lactones) is 1. The predicted molar refractivity (Wildman–Crippen MR) is 89.6 cm³/mol. The summed E-state index contributed by atoms with van der Waals surface area (Å²) in [5.74, 6) is -0.659. The standard InChI is InChI=1S/C20H19NO3/c1-20(12-14-7-3-5-9-16(14)18(22)24-20)19(23)21-17-11-10-13-6-2-4-8-15(13)17/h2-9,17H,10-12H2,1H3,(H,21,23). The number of amides is 1. The Bertz CT molecular complexity index is 829. The SMILES string of the molecule is CC1(C(=O)NC2CCc3ccccc32)Cc2ccccc2C(=O)O1. The summed E-state index contributed by atoms with van der Waals surface area (Å²) < 4.78 is 5.51. The third kappa shape index (κ3) is 2.39. The van der Waals surface area contributed by atoms with E-state index in [0.717, 1.165) is 24.0 Å². The molecule has 4 heteroatoms. The summed E-state index contributed by atoms with van der Waals surface area (Å²) in [6.07, 6.45) is 2.24. The summed E-state index contributed by atoms with van der Waals surface area (Å²) in [6, 6.07) is 15.4. The van der Waals surface area contributed by atoms with Crippen molar-refractivity contribution in [1.29, 1.82) is 0 Å². The fourth-order valence-electron chi connectivity index (χ4n) is 3.68. The van der Waals surface area contributed by atoms with Crippen LogP contribution in [0.5, 0.6) is 0 Å². The summed E-state index contributed by atoms with van der Waals surface area (Å²) in [4.78, 5) is 25.1. The van der Waals surface area contributed by atoms with Crippen LogP contribution in [-0.4, -0.2) is 17.5 Å². The number of rotatable bonds is 2. The van der Waals surface area contributed by atoms with Crippen molar-refractivity contribution in [2.45, 2.75) is 37.8 Å². The first-order valence-electron chi connectivity index (χ1n) is 8.27. The molecule has 0 fully saturated rings. The maximum atomic E-state index is 12.9. The molecule has 0 radical (unpaired) electrons. The quantitative estimate of drug-likeness (QED) is 0.865. The van der Waals surface area contributed by atoms with E-state index >= 15 is 0 Å². The molecule has 2 aromatic carbocycles. The lowest BCUT2D eigenvalue weighted by atomic mass is 9.89. The highest BCUT2D eigenvalue weighted by Crippen LogP contribution is 2.33. The molecule has 1 amide bonds. The van der Waals surface area contributed by atoms with Crippen molar-refractivity contribution < 1.29 is 14.3 Å². The van der Waals surface area contributed by atoms with Crippen molar-refractivity contribution >= 4 is 11.9 Å². The van der Waals surface area contributed by atoms with Gasteiger partial charge in [0.2, 0.25) is 0 Å². The Kier molecular flexibility index (Phi) is 3.41. The van der Waals surface area contributed by atoms with Crippen LogP contribution in [0.2, 0.25) is 0 Å². The van der Waals surface area contributed by atoms with Crippen LogP contribution in [0.1, 0.15) is 46.4 Å². The van der Waals surface area contributed by atoms with Crippen LogP contribution >= 0.6 is 0 Å². The molecule has 2 aromatic rings. The second-order valence-electron chi connectivity index (χ2n) is 6.72. The van der Waals surface area contributed by atoms with Crippen molar-refractivity contribution in [3.05, 3.63) is 70.8 Å². The molecule has 0 saturated heterocycles. The molecule has 0 aromatic heterocycles. The smallest absolute Gasteiger partial charge is 0.339 e. The van der Waals surface area contributed by atoms with Gasteiger partial charge in [0, 0.05) is 6.42 Å². The van der Waals surface area contributed by atoms with Gasteiger partial charge in [0.25, 0.3) is 5.91 Å². The molecular formula is C20H19NO3. The van der Waals surface area contributed by atoms with Gasteiger partial charge in [-0.3, -0.25) is 4.79 Å². The number of hydrogen-bond donors (Lipinski definition) is 1. The lowest BCUT2D eigenvalue weighted by molar-refractivity contribution is -0.140. The summed E-state index contributed by atoms with van der Waals surface area (Å²) in [5, 5.41) is 3.08. The molecule has 2 aliphatic rings. The van der Waals surface area contributed by atoms with E-state index in [2.05, 4.69) is 17.4 Å². The van der Waals surface area contributed by atoms with E-state index in [1.54, 1.807) is 19.1 Å². The number of hydrogen-bond acceptors (Lipinski definition) is 3. The monoisotopic (exact) mass is 321 g/mol. The third-order valence-electron chi connectivity index (χ3n) is 5.00. The molecule has 1 N–H and O–H groups in total. The maximum Gasteiger partial charge on any atom is 0.339 e. The van der Waals surface area contributed by atoms with Crippen LogP contribution in [0.25, 0.3) is 0 Å². The second kappa shape index (κ2) is 5.48. The average molecular weight is 321 g/mol. The van der Waals surface area contributed by atoms with E-state index < -0.39 is 11.6 Å². The maximum absolute atomic E-state index is 12.9. The molecule has 0 bridgehead atoms. The van der Waals surface area contributed by atoms with E-state index in [1.807, 2.05) is 24.3 Å². The van der Waals surface area contributed by atoms with Gasteiger partial charge in [0.1, 0.15) is 0 Å². The van der Waals surface area contributed by atoms with Crippen molar-refractivity contribution in [3.8, 4) is 0 Å². The highest BCUT2D eigenvalue weighted by molar-refractivity contribution is 5.97. The Morgan fingerprint density at radius 3 is 2.67 bits per heavy atom. The number of aryl methyl sites for hydroxylation is 1. The van der Waals surface area contributed by atoms with E-state index in [1.165, 1.54) is 5.56 Å². The van der Waals surface area contributed by atoms with Crippen molar-refractivity contribution in [1.82, 2.24) is 5.32 Å². The Hall–Kier alpha value is -2.62. The molecule has 1 aliphatic heterocycles. The minimum absolute atomic E-state index is 0.0126. The fraction of sp³-hybridized carbons (Fsp3) is 0.300. The van der Waals surface area contributed by atoms with Crippen LogP contribution < -0.4 is 5.32 Å². The molecule has 1 aliphatic carbocycles. The van der Waals surface area contributed by atoms with Gasteiger partial charge in [-0.05, 0) is 42.5 Å². The van der Waals surface area contributed by atoms with Crippen LogP contribution in [0.15, 0.2) is 48.5 Å². The Labute approximate surface area is 140 Å². The third-order valence-corrected chi connectivity index (χ3v) is 5.00. The number of ether oxygens (including phenoxy) is 1. The molecule has 4 rings (SSSR count). The Balaban J connectivity index is 1.56. The number of benzene rings is 2. The molecule has 2 unspecified atom stereocenters. The first-order valence-corrected chi connectivity index (χ1v) is 8.27. The van der Waals surface area contributed by atoms with Gasteiger partial charge >= 0.3 is 5.97 Å². The first-order chi connectivity index (χ1) is 11.6. The minimum Gasteiger partial charge on any atom is -0.445 e.